The lowest BCUT2D eigenvalue weighted by atomic mass is 9.99. The Hall–Kier alpha value is -6.22. The van der Waals surface area contributed by atoms with Crippen LogP contribution in [0.5, 0.6) is 0 Å². The van der Waals surface area contributed by atoms with Crippen LogP contribution in [0.15, 0.2) is 59.7 Å². The number of aromatic amines is 1. The van der Waals surface area contributed by atoms with Crippen molar-refractivity contribution in [2.75, 3.05) is 25.0 Å². The average Bonchev–Trinajstić information content (AvgIpc) is 3.81. The van der Waals surface area contributed by atoms with Crippen LogP contribution in [-0.2, 0) is 35.6 Å². The van der Waals surface area contributed by atoms with E-state index in [1.54, 1.807) is 12.3 Å². The number of piperidine rings is 2. The first-order chi connectivity index (χ1) is 29.3. The Balaban J connectivity index is 0.927. The van der Waals surface area contributed by atoms with Crippen molar-refractivity contribution >= 4 is 40.3 Å². The number of carbonyl (C=O) groups excluding carboxylic acids is 4. The molecule has 3 aromatic heterocycles. The number of hydrogen-bond donors (Lipinski definition) is 3. The van der Waals surface area contributed by atoms with Gasteiger partial charge in [-0.2, -0.15) is 5.10 Å². The zero-order chi connectivity index (χ0) is 43.1. The molecule has 1 atom stereocenters. The lowest BCUT2D eigenvalue weighted by Crippen LogP contribution is -2.52. The molecule has 0 radical (unpaired) electrons. The van der Waals surface area contributed by atoms with Gasteiger partial charge in [0, 0.05) is 90.8 Å². The van der Waals surface area contributed by atoms with Crippen LogP contribution in [0.3, 0.4) is 0 Å². The van der Waals surface area contributed by atoms with Gasteiger partial charge in [0.25, 0.3) is 17.4 Å². The minimum absolute atomic E-state index is 0.0600. The van der Waals surface area contributed by atoms with Crippen molar-refractivity contribution in [2.24, 2.45) is 0 Å². The van der Waals surface area contributed by atoms with Gasteiger partial charge in [-0.1, -0.05) is 13.3 Å². The summed E-state index contributed by atoms with van der Waals surface area (Å²) in [4.78, 5) is 77.7. The number of pyridine rings is 2. The van der Waals surface area contributed by atoms with Crippen molar-refractivity contribution in [3.63, 3.8) is 0 Å². The maximum absolute atomic E-state index is 15.4. The molecule has 14 nitrogen and oxygen atoms in total. The zero-order valence-electron chi connectivity index (χ0n) is 35.3. The Labute approximate surface area is 353 Å². The minimum Gasteiger partial charge on any atom is -0.357 e. The molecule has 2 fully saturated rings. The Morgan fingerprint density at radius 1 is 1.00 bits per heavy atom. The number of carbonyl (C=O) groups is 4. The predicted octanol–water partition coefficient (Wildman–Crippen LogP) is 5.56. The molecule has 4 amide bonds. The first-order valence-electron chi connectivity index (χ1n) is 21.2. The van der Waals surface area contributed by atoms with Crippen molar-refractivity contribution < 1.29 is 23.6 Å². The molecular weight excluding hydrogens is 778 g/mol. The monoisotopic (exact) mass is 829 g/mol. The van der Waals surface area contributed by atoms with E-state index in [2.05, 4.69) is 37.4 Å². The molecule has 0 spiro atoms. The smallest absolute Gasteiger partial charge is 0.255 e. The second kappa shape index (κ2) is 17.0. The van der Waals surface area contributed by atoms with Gasteiger partial charge in [0.1, 0.15) is 17.7 Å². The van der Waals surface area contributed by atoms with Gasteiger partial charge in [-0.05, 0) is 113 Å². The zero-order valence-corrected chi connectivity index (χ0v) is 35.3. The first kappa shape index (κ1) is 41.5. The third kappa shape index (κ3) is 8.30. The Morgan fingerprint density at radius 2 is 1.79 bits per heavy atom. The fourth-order valence-corrected chi connectivity index (χ4v) is 9.09. The largest absolute Gasteiger partial charge is 0.357 e. The summed E-state index contributed by atoms with van der Waals surface area (Å²) >= 11 is 0. The molecule has 0 bridgehead atoms. The molecule has 5 aromatic rings. The summed E-state index contributed by atoms with van der Waals surface area (Å²) in [7, 11) is 1.99. The van der Waals surface area contributed by atoms with Gasteiger partial charge in [0.15, 0.2) is 0 Å². The number of benzene rings is 2. The molecule has 0 aliphatic carbocycles. The van der Waals surface area contributed by atoms with Crippen molar-refractivity contribution in [2.45, 2.75) is 104 Å². The van der Waals surface area contributed by atoms with Crippen LogP contribution in [0.2, 0.25) is 0 Å². The second-order valence-electron chi connectivity index (χ2n) is 16.9. The molecule has 3 aliphatic rings. The number of nitrogens with zero attached hydrogens (tertiary/aromatic N) is 6. The van der Waals surface area contributed by atoms with E-state index in [9.17, 15) is 24.0 Å². The molecule has 0 saturated carbocycles. The fraction of sp³-hybridized carbons (Fsp3) is 0.413. The highest BCUT2D eigenvalue weighted by Crippen LogP contribution is 2.33. The van der Waals surface area contributed by atoms with Crippen molar-refractivity contribution in [3.05, 3.63) is 110 Å². The lowest BCUT2D eigenvalue weighted by molar-refractivity contribution is -0.136. The first-order valence-corrected chi connectivity index (χ1v) is 21.2. The standard InChI is InChI=1S/C46H52FN9O5/c1-6-7-28-16-27(4)51-44(59)36(28)22-49-43(58)35-18-30(19-40-37(35)23-50-56(40)26(2)3)29-8-10-41(48-21-29)54-14-12-33(13-15-54)53(5)24-32-17-31-25-55(46(61)34(31)20-38(32)47)39-9-11-42(57)52-45(39)60/h8,10,16-21,23,26,33,39H,6-7,9,11-15,22,24-25H2,1-5H3,(H,49,58)(H,51,59)(H,52,57,60). The van der Waals surface area contributed by atoms with Crippen molar-refractivity contribution in [3.8, 4) is 11.1 Å². The Morgan fingerprint density at radius 3 is 2.49 bits per heavy atom. The molecule has 2 aromatic carbocycles. The van der Waals surface area contributed by atoms with Crippen LogP contribution >= 0.6 is 0 Å². The molecule has 3 N–H and O–H groups in total. The third-order valence-electron chi connectivity index (χ3n) is 12.4. The molecule has 8 rings (SSSR count). The molecule has 1 unspecified atom stereocenters. The van der Waals surface area contributed by atoms with Gasteiger partial charge in [-0.15, -0.1) is 0 Å². The molecular formula is C46H52FN9O5. The average molecular weight is 830 g/mol. The normalized spacial score (nSPS) is 17.2. The summed E-state index contributed by atoms with van der Waals surface area (Å²) in [6.45, 7) is 10.2. The number of aromatic nitrogens is 4. The summed E-state index contributed by atoms with van der Waals surface area (Å²) in [5.74, 6) is -1.13. The van der Waals surface area contributed by atoms with Gasteiger partial charge in [0.2, 0.25) is 11.8 Å². The van der Waals surface area contributed by atoms with E-state index in [-0.39, 0.29) is 66.9 Å². The maximum atomic E-state index is 15.4. The topological polar surface area (TPSA) is 166 Å². The Kier molecular flexibility index (Phi) is 11.6. The summed E-state index contributed by atoms with van der Waals surface area (Å²) in [6, 6.07) is 12.4. The molecule has 61 heavy (non-hydrogen) atoms. The van der Waals surface area contributed by atoms with Crippen LogP contribution in [0.25, 0.3) is 22.0 Å². The minimum atomic E-state index is -0.748. The second-order valence-corrected chi connectivity index (χ2v) is 16.9. The highest BCUT2D eigenvalue weighted by Gasteiger charge is 2.40. The van der Waals surface area contributed by atoms with Gasteiger partial charge >= 0.3 is 0 Å². The molecule has 318 valence electrons. The number of amides is 4. The third-order valence-corrected chi connectivity index (χ3v) is 12.4. The van der Waals surface area contributed by atoms with Crippen LogP contribution < -0.4 is 21.1 Å². The molecule has 3 aliphatic heterocycles. The molecule has 2 saturated heterocycles. The number of H-pyrrole nitrogens is 1. The summed E-state index contributed by atoms with van der Waals surface area (Å²) in [6.07, 6.45) is 7.28. The number of imide groups is 1. The van der Waals surface area contributed by atoms with Crippen molar-refractivity contribution in [1.29, 1.82) is 0 Å². The number of halogens is 1. The van der Waals surface area contributed by atoms with Gasteiger partial charge in [-0.3, -0.25) is 38.9 Å². The summed E-state index contributed by atoms with van der Waals surface area (Å²) < 4.78 is 17.3. The number of fused-ring (bicyclic) bond motifs is 2. The van der Waals surface area contributed by atoms with Crippen LogP contribution in [0.4, 0.5) is 10.2 Å². The van der Waals surface area contributed by atoms with Crippen LogP contribution in [0.1, 0.15) is 108 Å². The fourth-order valence-electron chi connectivity index (χ4n) is 9.09. The highest BCUT2D eigenvalue weighted by molar-refractivity contribution is 6.08. The SMILES string of the molecule is CCCc1cc(C)[nH]c(=O)c1CNC(=O)c1cc(-c2ccc(N3CCC(N(C)Cc4cc5c(cc4F)C(=O)N(C4CCC(=O)NC4=O)C5)CC3)nc2)cc2c1cnn2C(C)C. The number of hydrogen-bond acceptors (Lipinski definition) is 9. The van der Waals surface area contributed by atoms with E-state index in [4.69, 9.17) is 4.98 Å². The van der Waals surface area contributed by atoms with E-state index >= 15 is 4.39 Å². The number of nitrogens with one attached hydrogen (secondary N) is 3. The van der Waals surface area contributed by atoms with E-state index in [1.165, 1.54) is 11.0 Å². The van der Waals surface area contributed by atoms with Crippen LogP contribution in [-0.4, -0.2) is 85.4 Å². The van der Waals surface area contributed by atoms with Gasteiger partial charge < -0.3 is 20.1 Å². The number of rotatable bonds is 12. The van der Waals surface area contributed by atoms with Crippen molar-refractivity contribution in [1.82, 2.24) is 40.2 Å². The maximum Gasteiger partial charge on any atom is 0.255 e. The van der Waals surface area contributed by atoms with E-state index in [1.807, 2.05) is 69.0 Å². The van der Waals surface area contributed by atoms with Gasteiger partial charge in [-0.25, -0.2) is 9.37 Å². The highest BCUT2D eigenvalue weighted by atomic mass is 19.1. The van der Waals surface area contributed by atoms with E-state index < -0.39 is 17.8 Å². The van der Waals surface area contributed by atoms with E-state index in [0.29, 0.717) is 28.8 Å². The number of aryl methyl sites for hydroxylation is 2. The molecule has 6 heterocycles. The summed E-state index contributed by atoms with van der Waals surface area (Å²) in [5.41, 5.74) is 6.53. The lowest BCUT2D eigenvalue weighted by Gasteiger charge is -2.37. The quantitative estimate of drug-likeness (QED) is 0.137. The predicted molar refractivity (Wildman–Crippen MR) is 229 cm³/mol. The van der Waals surface area contributed by atoms with E-state index in [0.717, 1.165) is 77.9 Å². The Bertz CT molecular complexity index is 2590. The summed E-state index contributed by atoms with van der Waals surface area (Å²) in [5, 5.41) is 10.7. The molecule has 15 heteroatoms. The van der Waals surface area contributed by atoms with Gasteiger partial charge in [0.05, 0.1) is 17.3 Å². The van der Waals surface area contributed by atoms with Crippen LogP contribution in [0, 0.1) is 12.7 Å². The number of anilines is 1.